The normalized spacial score (nSPS) is 11.1. The molecule has 2 N–H and O–H groups in total. The van der Waals surface area contributed by atoms with Crippen LogP contribution in [0.5, 0.6) is 0 Å². The number of hydrazine groups is 1. The summed E-state index contributed by atoms with van der Waals surface area (Å²) in [6.07, 6.45) is 0.748. The maximum atomic E-state index is 12.3. The van der Waals surface area contributed by atoms with Crippen LogP contribution in [0.3, 0.4) is 0 Å². The fourth-order valence-corrected chi connectivity index (χ4v) is 4.30. The van der Waals surface area contributed by atoms with Gasteiger partial charge in [0.15, 0.2) is 5.65 Å². The molecule has 0 aliphatic carbocycles. The van der Waals surface area contributed by atoms with Crippen LogP contribution in [0.25, 0.3) is 16.6 Å². The molecular formula is C24H25N5O2S. The predicted molar refractivity (Wildman–Crippen MR) is 126 cm³/mol. The lowest BCUT2D eigenvalue weighted by Crippen LogP contribution is -2.42. The van der Waals surface area contributed by atoms with Crippen LogP contribution in [0.1, 0.15) is 28.9 Å². The third kappa shape index (κ3) is 4.75. The second-order valence-corrected chi connectivity index (χ2v) is 8.76. The number of nitrogens with zero attached hydrogens (tertiary/aromatic N) is 3. The number of carbonyl (C=O) groups excluding carboxylic acids is 2. The van der Waals surface area contributed by atoms with Gasteiger partial charge in [-0.1, -0.05) is 29.8 Å². The minimum Gasteiger partial charge on any atom is -0.273 e. The van der Waals surface area contributed by atoms with Crippen molar-refractivity contribution in [2.75, 3.05) is 5.75 Å². The molecule has 0 spiro atoms. The number of aromatic nitrogens is 3. The second-order valence-electron chi connectivity index (χ2n) is 7.71. The van der Waals surface area contributed by atoms with Crippen molar-refractivity contribution in [3.8, 4) is 0 Å². The van der Waals surface area contributed by atoms with E-state index in [1.165, 1.54) is 17.3 Å². The van der Waals surface area contributed by atoms with Gasteiger partial charge in [-0.2, -0.15) is 5.10 Å². The van der Waals surface area contributed by atoms with Crippen molar-refractivity contribution < 1.29 is 9.59 Å². The number of nitrogens with one attached hydrogen (secondary N) is 2. The maximum absolute atomic E-state index is 12.3. The smallest absolute Gasteiger partial charge is 0.248 e. The van der Waals surface area contributed by atoms with Crippen LogP contribution in [-0.2, 0) is 16.0 Å². The fourth-order valence-electron chi connectivity index (χ4n) is 3.60. The van der Waals surface area contributed by atoms with Crippen LogP contribution in [0.4, 0.5) is 0 Å². The maximum Gasteiger partial charge on any atom is 0.248 e. The summed E-state index contributed by atoms with van der Waals surface area (Å²) in [4.78, 5) is 30.1. The molecule has 0 aliphatic rings. The van der Waals surface area contributed by atoms with Crippen molar-refractivity contribution in [3.05, 3.63) is 71.0 Å². The highest BCUT2D eigenvalue weighted by Crippen LogP contribution is 2.23. The molecule has 4 aromatic rings. The number of thioether (sulfide) groups is 1. The Kier molecular flexibility index (Phi) is 6.41. The van der Waals surface area contributed by atoms with Gasteiger partial charge in [0.05, 0.1) is 11.3 Å². The molecule has 8 heteroatoms. The summed E-state index contributed by atoms with van der Waals surface area (Å²) in [5, 5.41) is 5.66. The molecule has 0 bridgehead atoms. The molecule has 0 atom stereocenters. The molecule has 0 radical (unpaired) electrons. The van der Waals surface area contributed by atoms with Gasteiger partial charge >= 0.3 is 0 Å². The molecule has 0 saturated heterocycles. The fraction of sp³-hybridized carbons (Fsp3) is 0.250. The minimum absolute atomic E-state index is 0.231. The zero-order chi connectivity index (χ0) is 22.7. The van der Waals surface area contributed by atoms with Gasteiger partial charge in [0.2, 0.25) is 11.8 Å². The molecule has 0 unspecified atom stereocenters. The third-order valence-corrected chi connectivity index (χ3v) is 6.36. The highest BCUT2D eigenvalue weighted by Gasteiger charge is 2.15. The molecule has 2 amide bonds. The molecule has 2 aromatic carbocycles. The summed E-state index contributed by atoms with van der Waals surface area (Å²) < 4.78 is 1.84. The van der Waals surface area contributed by atoms with E-state index in [0.29, 0.717) is 6.42 Å². The number of fused-ring (bicyclic) bond motifs is 3. The van der Waals surface area contributed by atoms with E-state index in [1.54, 1.807) is 0 Å². The standard InChI is InChI=1S/C24H25N5O2S/c1-15-8-10-18(11-9-15)32-14-23(31)27-26-22(30)13-12-19-16(2)25-24-20-6-4-5-7-21(20)28-29(24)17(19)3/h4-11H,12-14H2,1-3H3,(H,26,30)(H,27,31). The Morgan fingerprint density at radius 2 is 1.69 bits per heavy atom. The summed E-state index contributed by atoms with van der Waals surface area (Å²) in [5.74, 6) is -0.263. The Morgan fingerprint density at radius 3 is 2.47 bits per heavy atom. The molecule has 4 rings (SSSR count). The summed E-state index contributed by atoms with van der Waals surface area (Å²) in [6.45, 7) is 5.96. The summed E-state index contributed by atoms with van der Waals surface area (Å²) >= 11 is 1.42. The van der Waals surface area contributed by atoms with E-state index in [9.17, 15) is 9.59 Å². The molecule has 0 aliphatic heterocycles. The van der Waals surface area contributed by atoms with E-state index < -0.39 is 0 Å². The molecular weight excluding hydrogens is 422 g/mol. The molecule has 2 heterocycles. The lowest BCUT2D eigenvalue weighted by Gasteiger charge is -2.11. The molecule has 32 heavy (non-hydrogen) atoms. The number of hydrogen-bond donors (Lipinski definition) is 2. The van der Waals surface area contributed by atoms with Gasteiger partial charge in [-0.05, 0) is 57.0 Å². The Hall–Kier alpha value is -3.39. The number of rotatable bonds is 6. The average molecular weight is 448 g/mol. The lowest BCUT2D eigenvalue weighted by molar-refractivity contribution is -0.127. The highest BCUT2D eigenvalue weighted by atomic mass is 32.2. The van der Waals surface area contributed by atoms with Crippen LogP contribution in [0, 0.1) is 20.8 Å². The minimum atomic E-state index is -0.248. The van der Waals surface area contributed by atoms with Gasteiger partial charge in [0.1, 0.15) is 0 Å². The first-order valence-corrected chi connectivity index (χ1v) is 11.4. The van der Waals surface area contributed by atoms with Crippen LogP contribution in [0.2, 0.25) is 0 Å². The van der Waals surface area contributed by atoms with Crippen LogP contribution >= 0.6 is 11.8 Å². The van der Waals surface area contributed by atoms with Gasteiger partial charge in [0.25, 0.3) is 0 Å². The second kappa shape index (κ2) is 9.40. The first-order chi connectivity index (χ1) is 15.4. The molecule has 0 fully saturated rings. The molecule has 0 saturated carbocycles. The average Bonchev–Trinajstić information content (AvgIpc) is 3.16. The van der Waals surface area contributed by atoms with Crippen molar-refractivity contribution in [1.82, 2.24) is 25.4 Å². The van der Waals surface area contributed by atoms with Crippen molar-refractivity contribution in [2.45, 2.75) is 38.5 Å². The summed E-state index contributed by atoms with van der Waals surface area (Å²) in [6, 6.07) is 15.9. The predicted octanol–water partition coefficient (Wildman–Crippen LogP) is 3.68. The van der Waals surface area contributed by atoms with Crippen molar-refractivity contribution in [2.24, 2.45) is 0 Å². The summed E-state index contributed by atoms with van der Waals surface area (Å²) in [5.41, 5.74) is 10.7. The van der Waals surface area contributed by atoms with E-state index in [-0.39, 0.29) is 24.0 Å². The number of aryl methyl sites for hydroxylation is 3. The van der Waals surface area contributed by atoms with E-state index in [4.69, 9.17) is 4.98 Å². The first kappa shape index (κ1) is 21.8. The lowest BCUT2D eigenvalue weighted by atomic mass is 10.1. The Balaban J connectivity index is 1.33. The Morgan fingerprint density at radius 1 is 0.969 bits per heavy atom. The van der Waals surface area contributed by atoms with E-state index in [1.807, 2.05) is 73.8 Å². The van der Waals surface area contributed by atoms with Gasteiger partial charge in [0, 0.05) is 28.1 Å². The number of hydrogen-bond acceptors (Lipinski definition) is 5. The zero-order valence-electron chi connectivity index (χ0n) is 18.3. The molecule has 2 aromatic heterocycles. The highest BCUT2D eigenvalue weighted by molar-refractivity contribution is 8.00. The van der Waals surface area contributed by atoms with E-state index >= 15 is 0 Å². The molecule has 164 valence electrons. The number of carbonyl (C=O) groups is 2. The number of amides is 2. The topological polar surface area (TPSA) is 88.4 Å². The van der Waals surface area contributed by atoms with Crippen molar-refractivity contribution in [3.63, 3.8) is 0 Å². The van der Waals surface area contributed by atoms with Crippen LogP contribution < -0.4 is 10.9 Å². The third-order valence-electron chi connectivity index (χ3n) is 5.35. The van der Waals surface area contributed by atoms with Crippen molar-refractivity contribution >= 4 is 40.1 Å². The van der Waals surface area contributed by atoms with Crippen molar-refractivity contribution in [1.29, 1.82) is 0 Å². The Bertz CT molecular complexity index is 1300. The summed E-state index contributed by atoms with van der Waals surface area (Å²) in [7, 11) is 0. The van der Waals surface area contributed by atoms with E-state index in [0.717, 1.165) is 38.4 Å². The monoisotopic (exact) mass is 447 g/mol. The van der Waals surface area contributed by atoms with E-state index in [2.05, 4.69) is 16.0 Å². The Labute approximate surface area is 190 Å². The SMILES string of the molecule is Cc1ccc(SCC(=O)NNC(=O)CCc2c(C)nc3c4ccccc4nn3c2C)cc1. The first-order valence-electron chi connectivity index (χ1n) is 10.4. The van der Waals surface area contributed by atoms with Gasteiger partial charge in [-0.3, -0.25) is 20.4 Å². The van der Waals surface area contributed by atoms with Gasteiger partial charge in [-0.15, -0.1) is 11.8 Å². The largest absolute Gasteiger partial charge is 0.273 e. The van der Waals surface area contributed by atoms with Gasteiger partial charge < -0.3 is 0 Å². The quantitative estimate of drug-likeness (QED) is 0.348. The zero-order valence-corrected chi connectivity index (χ0v) is 19.1. The van der Waals surface area contributed by atoms with Gasteiger partial charge in [-0.25, -0.2) is 9.50 Å². The molecule has 7 nitrogen and oxygen atoms in total. The van der Waals surface area contributed by atoms with Crippen LogP contribution in [0.15, 0.2) is 53.4 Å². The van der Waals surface area contributed by atoms with Crippen LogP contribution in [-0.4, -0.2) is 32.2 Å². The number of benzene rings is 2.